The molecule has 0 aliphatic carbocycles. The summed E-state index contributed by atoms with van der Waals surface area (Å²) >= 11 is 0. The molecule has 1 aliphatic heterocycles. The summed E-state index contributed by atoms with van der Waals surface area (Å²) in [4.78, 5) is 29.0. The minimum absolute atomic E-state index is 0.143. The molecule has 25 heavy (non-hydrogen) atoms. The van der Waals surface area contributed by atoms with Crippen molar-refractivity contribution in [2.24, 2.45) is 5.92 Å². The van der Waals surface area contributed by atoms with Crippen molar-refractivity contribution in [1.29, 1.82) is 0 Å². The molecule has 2 aromatic rings. The first-order chi connectivity index (χ1) is 12.1. The van der Waals surface area contributed by atoms with E-state index in [0.29, 0.717) is 32.5 Å². The normalized spacial score (nSPS) is 15.0. The predicted molar refractivity (Wildman–Crippen MR) is 93.8 cm³/mol. The molecular formula is C19H21N3O3. The van der Waals surface area contributed by atoms with E-state index >= 15 is 0 Å². The lowest BCUT2D eigenvalue weighted by Gasteiger charge is -2.30. The Morgan fingerprint density at radius 2 is 1.92 bits per heavy atom. The number of rotatable bonds is 4. The minimum Gasteiger partial charge on any atom is -0.481 e. The summed E-state index contributed by atoms with van der Waals surface area (Å²) in [6, 6.07) is 11.7. The maximum atomic E-state index is 12.3. The van der Waals surface area contributed by atoms with Crippen LogP contribution in [0.1, 0.15) is 18.4 Å². The number of nitrogens with one attached hydrogen (secondary N) is 1. The molecule has 0 radical (unpaired) electrons. The molecule has 0 atom stereocenters. The lowest BCUT2D eigenvalue weighted by Crippen LogP contribution is -2.45. The number of carbonyl (C=O) groups is 2. The summed E-state index contributed by atoms with van der Waals surface area (Å²) in [5.41, 5.74) is 3.10. The van der Waals surface area contributed by atoms with Gasteiger partial charge in [0.1, 0.15) is 0 Å². The number of pyridine rings is 1. The summed E-state index contributed by atoms with van der Waals surface area (Å²) in [6.45, 7) is 1.41. The lowest BCUT2D eigenvalue weighted by atomic mass is 9.97. The highest BCUT2D eigenvalue weighted by Crippen LogP contribution is 2.20. The van der Waals surface area contributed by atoms with Gasteiger partial charge >= 0.3 is 12.0 Å². The third-order valence-corrected chi connectivity index (χ3v) is 4.50. The first kappa shape index (κ1) is 17.0. The molecule has 1 aliphatic rings. The van der Waals surface area contributed by atoms with Crippen LogP contribution in [0, 0.1) is 5.92 Å². The highest BCUT2D eigenvalue weighted by molar-refractivity contribution is 5.75. The number of aliphatic carboxylic acids is 1. The van der Waals surface area contributed by atoms with Crippen molar-refractivity contribution in [3.8, 4) is 11.1 Å². The standard InChI is InChI=1S/C19H21N3O3/c23-18(24)15-6-9-22(10-7-15)19(25)21-12-14-3-1-4-16(11-14)17-5-2-8-20-13-17/h1-5,8,11,13,15H,6-7,9-10,12H2,(H,21,25)(H,23,24). The zero-order valence-corrected chi connectivity index (χ0v) is 13.9. The van der Waals surface area contributed by atoms with E-state index in [0.717, 1.165) is 16.7 Å². The van der Waals surface area contributed by atoms with E-state index in [1.165, 1.54) is 0 Å². The summed E-state index contributed by atoms with van der Waals surface area (Å²) in [6.07, 6.45) is 4.57. The van der Waals surface area contributed by atoms with E-state index in [4.69, 9.17) is 5.11 Å². The Labute approximate surface area is 146 Å². The number of hydrogen-bond acceptors (Lipinski definition) is 3. The van der Waals surface area contributed by atoms with Crippen LogP contribution in [0.2, 0.25) is 0 Å². The minimum atomic E-state index is -0.771. The molecule has 1 saturated heterocycles. The van der Waals surface area contributed by atoms with E-state index in [-0.39, 0.29) is 11.9 Å². The van der Waals surface area contributed by atoms with Crippen molar-refractivity contribution in [2.45, 2.75) is 19.4 Å². The topological polar surface area (TPSA) is 82.5 Å². The van der Waals surface area contributed by atoms with Crippen LogP contribution in [0.15, 0.2) is 48.8 Å². The molecular weight excluding hydrogens is 318 g/mol. The maximum absolute atomic E-state index is 12.3. The fraction of sp³-hybridized carbons (Fsp3) is 0.316. The van der Waals surface area contributed by atoms with Crippen LogP contribution in [0.4, 0.5) is 4.79 Å². The third kappa shape index (κ3) is 4.35. The van der Waals surface area contributed by atoms with Crippen molar-refractivity contribution in [2.75, 3.05) is 13.1 Å². The van der Waals surface area contributed by atoms with Crippen LogP contribution in [0.3, 0.4) is 0 Å². The number of hydrogen-bond donors (Lipinski definition) is 2. The van der Waals surface area contributed by atoms with Crippen LogP contribution >= 0.6 is 0 Å². The number of nitrogens with zero attached hydrogens (tertiary/aromatic N) is 2. The zero-order valence-electron chi connectivity index (χ0n) is 13.9. The Hall–Kier alpha value is -2.89. The van der Waals surface area contributed by atoms with E-state index in [1.807, 2.05) is 42.6 Å². The first-order valence-corrected chi connectivity index (χ1v) is 8.38. The molecule has 1 aromatic heterocycles. The van der Waals surface area contributed by atoms with Gasteiger partial charge in [-0.3, -0.25) is 9.78 Å². The second-order valence-corrected chi connectivity index (χ2v) is 6.20. The van der Waals surface area contributed by atoms with Crippen molar-refractivity contribution < 1.29 is 14.7 Å². The maximum Gasteiger partial charge on any atom is 0.317 e. The van der Waals surface area contributed by atoms with Crippen molar-refractivity contribution in [3.05, 3.63) is 54.4 Å². The average Bonchev–Trinajstić information content (AvgIpc) is 2.67. The molecule has 2 heterocycles. The van der Waals surface area contributed by atoms with Crippen LogP contribution in [0.25, 0.3) is 11.1 Å². The first-order valence-electron chi connectivity index (χ1n) is 8.38. The second kappa shape index (κ2) is 7.79. The van der Waals surface area contributed by atoms with E-state index in [1.54, 1.807) is 11.1 Å². The summed E-state index contributed by atoms with van der Waals surface area (Å²) in [5, 5.41) is 11.9. The Balaban J connectivity index is 1.55. The van der Waals surface area contributed by atoms with Crippen LogP contribution < -0.4 is 5.32 Å². The highest BCUT2D eigenvalue weighted by Gasteiger charge is 2.26. The van der Waals surface area contributed by atoms with E-state index in [2.05, 4.69) is 10.3 Å². The second-order valence-electron chi connectivity index (χ2n) is 6.20. The number of carbonyl (C=O) groups excluding carboxylic acids is 1. The predicted octanol–water partition coefficient (Wildman–Crippen LogP) is 2.75. The van der Waals surface area contributed by atoms with Crippen molar-refractivity contribution >= 4 is 12.0 Å². The molecule has 0 unspecified atom stereocenters. The highest BCUT2D eigenvalue weighted by atomic mass is 16.4. The average molecular weight is 339 g/mol. The molecule has 1 aromatic carbocycles. The number of carboxylic acids is 1. The van der Waals surface area contributed by atoms with Gasteiger partial charge in [0.25, 0.3) is 0 Å². The Morgan fingerprint density at radius 1 is 1.16 bits per heavy atom. The van der Waals surface area contributed by atoms with E-state index in [9.17, 15) is 9.59 Å². The molecule has 2 amide bonds. The largest absolute Gasteiger partial charge is 0.481 e. The van der Waals surface area contributed by atoms with E-state index < -0.39 is 5.97 Å². The molecule has 1 fully saturated rings. The van der Waals surface area contributed by atoms with Gasteiger partial charge in [-0.25, -0.2) is 4.79 Å². The lowest BCUT2D eigenvalue weighted by molar-refractivity contribution is -0.143. The van der Waals surface area contributed by atoms with Crippen molar-refractivity contribution in [3.63, 3.8) is 0 Å². The van der Waals surface area contributed by atoms with Crippen LogP contribution in [0.5, 0.6) is 0 Å². The number of amides is 2. The number of carboxylic acid groups (broad SMARTS) is 1. The molecule has 130 valence electrons. The molecule has 6 heteroatoms. The van der Waals surface area contributed by atoms with Gasteiger partial charge in [0, 0.05) is 32.0 Å². The summed E-state index contributed by atoms with van der Waals surface area (Å²) < 4.78 is 0. The fourth-order valence-corrected chi connectivity index (χ4v) is 3.01. The Kier molecular flexibility index (Phi) is 5.28. The summed E-state index contributed by atoms with van der Waals surface area (Å²) in [5.74, 6) is -1.10. The van der Waals surface area contributed by atoms with Crippen molar-refractivity contribution in [1.82, 2.24) is 15.2 Å². The summed E-state index contributed by atoms with van der Waals surface area (Å²) in [7, 11) is 0. The number of likely N-dealkylation sites (tertiary alicyclic amines) is 1. The number of urea groups is 1. The van der Waals surface area contributed by atoms with Gasteiger partial charge in [-0.15, -0.1) is 0 Å². The number of piperidine rings is 1. The quantitative estimate of drug-likeness (QED) is 0.897. The number of aromatic nitrogens is 1. The van der Waals surface area contributed by atoms with Gasteiger partial charge in [-0.2, -0.15) is 0 Å². The third-order valence-electron chi connectivity index (χ3n) is 4.50. The SMILES string of the molecule is O=C(O)C1CCN(C(=O)NCc2cccc(-c3cccnc3)c2)CC1. The molecule has 0 bridgehead atoms. The Morgan fingerprint density at radius 3 is 2.60 bits per heavy atom. The van der Waals surface area contributed by atoms with Gasteiger partial charge in [0.05, 0.1) is 5.92 Å². The van der Waals surface area contributed by atoms with Crippen LogP contribution in [-0.4, -0.2) is 40.1 Å². The Bertz CT molecular complexity index is 741. The molecule has 6 nitrogen and oxygen atoms in total. The van der Waals surface area contributed by atoms with Gasteiger partial charge in [0.2, 0.25) is 0 Å². The van der Waals surface area contributed by atoms with Gasteiger partial charge < -0.3 is 15.3 Å². The monoisotopic (exact) mass is 339 g/mol. The van der Waals surface area contributed by atoms with Gasteiger partial charge in [-0.1, -0.05) is 24.3 Å². The molecule has 0 saturated carbocycles. The number of benzene rings is 1. The molecule has 2 N–H and O–H groups in total. The van der Waals surface area contributed by atoms with Gasteiger partial charge in [-0.05, 0) is 41.7 Å². The smallest absolute Gasteiger partial charge is 0.317 e. The molecule has 0 spiro atoms. The zero-order chi connectivity index (χ0) is 17.6. The van der Waals surface area contributed by atoms with Crippen LogP contribution in [-0.2, 0) is 11.3 Å². The fourth-order valence-electron chi connectivity index (χ4n) is 3.01. The molecule has 3 rings (SSSR count). The van der Waals surface area contributed by atoms with Gasteiger partial charge in [0.15, 0.2) is 0 Å².